The van der Waals surface area contributed by atoms with Crippen LogP contribution in [-0.2, 0) is 22.5 Å². The quantitative estimate of drug-likeness (QED) is 0.532. The molecule has 1 aliphatic rings. The third-order valence-corrected chi connectivity index (χ3v) is 5.51. The van der Waals surface area contributed by atoms with Crippen molar-refractivity contribution in [2.24, 2.45) is 0 Å². The maximum Gasteiger partial charge on any atom is 0.412 e. The van der Waals surface area contributed by atoms with Gasteiger partial charge in [0.2, 0.25) is 0 Å². The van der Waals surface area contributed by atoms with Crippen LogP contribution in [-0.4, -0.2) is 28.1 Å². The van der Waals surface area contributed by atoms with Crippen molar-refractivity contribution < 1.29 is 14.3 Å². The number of carbonyl (C=O) groups excluding carboxylic acids is 1. The molecule has 156 valence electrons. The molecule has 2 aromatic carbocycles. The summed E-state index contributed by atoms with van der Waals surface area (Å²) in [6.45, 7) is 6.59. The van der Waals surface area contributed by atoms with Crippen molar-refractivity contribution in [3.05, 3.63) is 76.1 Å². The number of hydrogen-bond donors (Lipinski definition) is 0. The first-order valence-electron chi connectivity index (χ1n) is 10.1. The molecule has 0 saturated heterocycles. The van der Waals surface area contributed by atoms with Crippen LogP contribution in [0.5, 0.6) is 0 Å². The lowest BCUT2D eigenvalue weighted by molar-refractivity contribution is -0.0817. The van der Waals surface area contributed by atoms with E-state index in [0.29, 0.717) is 13.2 Å². The molecule has 0 bridgehead atoms. The van der Waals surface area contributed by atoms with Gasteiger partial charge in [0, 0.05) is 23.1 Å². The Bertz CT molecular complexity index is 997. The van der Waals surface area contributed by atoms with Crippen molar-refractivity contribution in [2.45, 2.75) is 45.6 Å². The van der Waals surface area contributed by atoms with Crippen LogP contribution >= 0.6 is 11.3 Å². The monoisotopic (exact) mass is 422 g/mol. The number of aromatic nitrogens is 1. The van der Waals surface area contributed by atoms with E-state index >= 15 is 0 Å². The van der Waals surface area contributed by atoms with Crippen molar-refractivity contribution in [1.82, 2.24) is 9.88 Å². The van der Waals surface area contributed by atoms with Crippen LogP contribution in [0.15, 0.2) is 59.4 Å². The summed E-state index contributed by atoms with van der Waals surface area (Å²) in [5.41, 5.74) is 6.58. The molecule has 6 heteroatoms. The van der Waals surface area contributed by atoms with Crippen LogP contribution in [0.25, 0.3) is 11.3 Å². The maximum atomic E-state index is 12.9. The van der Waals surface area contributed by atoms with E-state index in [1.807, 2.05) is 68.1 Å². The predicted molar refractivity (Wildman–Crippen MR) is 118 cm³/mol. The largest absolute Gasteiger partial charge is 0.444 e. The number of fused-ring (bicyclic) bond motifs is 1. The summed E-state index contributed by atoms with van der Waals surface area (Å²) in [7, 11) is 0. The van der Waals surface area contributed by atoms with Gasteiger partial charge < -0.3 is 9.47 Å². The SMILES string of the molecule is CC(C)(C)OC(=O)N1CCc2cc(-c3cscn3)ccc2C1OCc1ccccc1. The molecule has 1 unspecified atom stereocenters. The van der Waals surface area contributed by atoms with Gasteiger partial charge in [0.15, 0.2) is 6.23 Å². The van der Waals surface area contributed by atoms with Gasteiger partial charge in [0.05, 0.1) is 17.8 Å². The third-order valence-electron chi connectivity index (χ3n) is 4.92. The Morgan fingerprint density at radius 3 is 2.70 bits per heavy atom. The lowest BCUT2D eigenvalue weighted by atomic mass is 9.95. The fourth-order valence-corrected chi connectivity index (χ4v) is 4.10. The van der Waals surface area contributed by atoms with E-state index in [1.165, 1.54) is 5.56 Å². The van der Waals surface area contributed by atoms with Crippen molar-refractivity contribution in [3.63, 3.8) is 0 Å². The number of rotatable bonds is 4. The Labute approximate surface area is 181 Å². The van der Waals surface area contributed by atoms with Crippen molar-refractivity contribution >= 4 is 17.4 Å². The standard InChI is InChI=1S/C24H26N2O3S/c1-24(2,3)29-23(27)26-12-11-18-13-19(21-15-30-16-25-21)9-10-20(18)22(26)28-14-17-7-5-4-6-8-17/h4-10,13,15-16,22H,11-12,14H2,1-3H3. The highest BCUT2D eigenvalue weighted by Crippen LogP contribution is 2.35. The van der Waals surface area contributed by atoms with E-state index in [2.05, 4.69) is 17.1 Å². The number of amides is 1. The first-order chi connectivity index (χ1) is 14.4. The first-order valence-corrected chi connectivity index (χ1v) is 11.0. The molecule has 2 heterocycles. The number of nitrogens with zero attached hydrogens (tertiary/aromatic N) is 2. The normalized spacial score (nSPS) is 16.2. The van der Waals surface area contributed by atoms with Gasteiger partial charge in [-0.1, -0.05) is 42.5 Å². The highest BCUT2D eigenvalue weighted by molar-refractivity contribution is 7.07. The molecule has 0 radical (unpaired) electrons. The molecule has 4 rings (SSSR count). The molecule has 1 amide bonds. The third kappa shape index (κ3) is 4.71. The topological polar surface area (TPSA) is 51.7 Å². The molecule has 5 nitrogen and oxygen atoms in total. The summed E-state index contributed by atoms with van der Waals surface area (Å²) < 4.78 is 11.9. The van der Waals surface area contributed by atoms with Gasteiger partial charge in [0.1, 0.15) is 5.60 Å². The average Bonchev–Trinajstić information content (AvgIpc) is 3.26. The van der Waals surface area contributed by atoms with Crippen LogP contribution in [0.1, 0.15) is 43.7 Å². The number of carbonyl (C=O) groups is 1. The summed E-state index contributed by atoms with van der Waals surface area (Å²) in [5, 5.41) is 2.04. The zero-order chi connectivity index (χ0) is 21.1. The fourth-order valence-electron chi connectivity index (χ4n) is 3.54. The lowest BCUT2D eigenvalue weighted by Gasteiger charge is -2.38. The van der Waals surface area contributed by atoms with E-state index in [0.717, 1.165) is 28.8 Å². The van der Waals surface area contributed by atoms with Crippen LogP contribution in [0.2, 0.25) is 0 Å². The van der Waals surface area contributed by atoms with Crippen molar-refractivity contribution in [2.75, 3.05) is 6.54 Å². The van der Waals surface area contributed by atoms with Crippen LogP contribution in [0.3, 0.4) is 0 Å². The van der Waals surface area contributed by atoms with E-state index in [1.54, 1.807) is 16.2 Å². The van der Waals surface area contributed by atoms with Gasteiger partial charge in [-0.05, 0) is 44.4 Å². The summed E-state index contributed by atoms with van der Waals surface area (Å²) in [4.78, 5) is 19.0. The Morgan fingerprint density at radius 2 is 2.00 bits per heavy atom. The Kier molecular flexibility index (Phi) is 5.88. The van der Waals surface area contributed by atoms with E-state index in [9.17, 15) is 4.79 Å². The van der Waals surface area contributed by atoms with Gasteiger partial charge in [-0.2, -0.15) is 0 Å². The molecule has 0 aliphatic carbocycles. The van der Waals surface area contributed by atoms with Gasteiger partial charge in [0.25, 0.3) is 0 Å². The minimum atomic E-state index is -0.560. The minimum Gasteiger partial charge on any atom is -0.444 e. The fraction of sp³-hybridized carbons (Fsp3) is 0.333. The summed E-state index contributed by atoms with van der Waals surface area (Å²) >= 11 is 1.58. The highest BCUT2D eigenvalue weighted by atomic mass is 32.1. The first kappa shape index (κ1) is 20.6. The van der Waals surface area contributed by atoms with Crippen molar-refractivity contribution in [1.29, 1.82) is 0 Å². The van der Waals surface area contributed by atoms with Gasteiger partial charge in [-0.25, -0.2) is 9.78 Å². The number of benzene rings is 2. The molecule has 0 spiro atoms. The van der Waals surface area contributed by atoms with Crippen LogP contribution in [0.4, 0.5) is 4.79 Å². The van der Waals surface area contributed by atoms with Crippen molar-refractivity contribution in [3.8, 4) is 11.3 Å². The second kappa shape index (κ2) is 8.58. The summed E-state index contributed by atoms with van der Waals surface area (Å²) in [6, 6.07) is 16.3. The van der Waals surface area contributed by atoms with E-state index in [4.69, 9.17) is 9.47 Å². The van der Waals surface area contributed by atoms with Crippen LogP contribution in [0, 0.1) is 0 Å². The molecule has 1 aliphatic heterocycles. The Morgan fingerprint density at radius 1 is 1.20 bits per heavy atom. The molecular formula is C24H26N2O3S. The molecular weight excluding hydrogens is 396 g/mol. The highest BCUT2D eigenvalue weighted by Gasteiger charge is 2.34. The number of ether oxygens (including phenoxy) is 2. The predicted octanol–water partition coefficient (Wildman–Crippen LogP) is 5.82. The maximum absolute atomic E-state index is 12.9. The number of thiazole rings is 1. The second-order valence-electron chi connectivity index (χ2n) is 8.36. The molecule has 3 aromatic rings. The zero-order valence-corrected chi connectivity index (χ0v) is 18.3. The van der Waals surface area contributed by atoms with Gasteiger partial charge in [-0.3, -0.25) is 4.90 Å². The lowest BCUT2D eigenvalue weighted by Crippen LogP contribution is -2.44. The summed E-state index contributed by atoms with van der Waals surface area (Å²) in [6.07, 6.45) is -0.0966. The second-order valence-corrected chi connectivity index (χ2v) is 9.08. The Balaban J connectivity index is 1.63. The molecule has 0 N–H and O–H groups in total. The molecule has 1 atom stereocenters. The molecule has 30 heavy (non-hydrogen) atoms. The zero-order valence-electron chi connectivity index (χ0n) is 17.5. The van der Waals surface area contributed by atoms with Gasteiger partial charge >= 0.3 is 6.09 Å². The molecule has 0 fully saturated rings. The van der Waals surface area contributed by atoms with Gasteiger partial charge in [-0.15, -0.1) is 11.3 Å². The smallest absolute Gasteiger partial charge is 0.412 e. The van der Waals surface area contributed by atoms with E-state index < -0.39 is 11.8 Å². The van der Waals surface area contributed by atoms with Crippen LogP contribution < -0.4 is 0 Å². The molecule has 0 saturated carbocycles. The Hall–Kier alpha value is -2.70. The van der Waals surface area contributed by atoms with E-state index in [-0.39, 0.29) is 6.09 Å². The number of hydrogen-bond acceptors (Lipinski definition) is 5. The minimum absolute atomic E-state index is 0.352. The molecule has 1 aromatic heterocycles. The average molecular weight is 423 g/mol. The summed E-state index contributed by atoms with van der Waals surface area (Å²) in [5.74, 6) is 0.